The number of nitrogens with two attached hydrogens (primary N) is 1. The number of imidazole rings is 1. The summed E-state index contributed by atoms with van der Waals surface area (Å²) in [6.45, 7) is 0. The molecule has 10 heteroatoms. The molecule has 3 aromatic rings. The zero-order valence-electron chi connectivity index (χ0n) is 16.6. The minimum Gasteiger partial charge on any atom is -0.379 e. The van der Waals surface area contributed by atoms with Crippen molar-refractivity contribution in [3.05, 3.63) is 36.4 Å². The molecule has 5 N–H and O–H groups in total. The van der Waals surface area contributed by atoms with E-state index in [0.717, 1.165) is 50.0 Å². The second kappa shape index (κ2) is 7.86. The van der Waals surface area contributed by atoms with Gasteiger partial charge in [0.05, 0.1) is 30.0 Å². The van der Waals surface area contributed by atoms with E-state index in [9.17, 15) is 4.79 Å². The summed E-state index contributed by atoms with van der Waals surface area (Å²) in [6, 6.07) is 4.74. The van der Waals surface area contributed by atoms with E-state index < -0.39 is 0 Å². The SMILES string of the molecule is NC1CCC(Nc2cc(NC3CC3)c3ncc(C(=O)Nc4ccnnc4)n3n2)CC1. The summed E-state index contributed by atoms with van der Waals surface area (Å²) in [5.74, 6) is 0.421. The highest BCUT2D eigenvalue weighted by molar-refractivity contribution is 6.03. The zero-order chi connectivity index (χ0) is 20.5. The first-order valence-electron chi connectivity index (χ1n) is 10.4. The number of aromatic nitrogens is 5. The van der Waals surface area contributed by atoms with Crippen LogP contribution in [0.2, 0.25) is 0 Å². The molecule has 3 aromatic heterocycles. The minimum absolute atomic E-state index is 0.289. The molecule has 0 atom stereocenters. The van der Waals surface area contributed by atoms with E-state index >= 15 is 0 Å². The van der Waals surface area contributed by atoms with Gasteiger partial charge in [-0.3, -0.25) is 4.79 Å². The summed E-state index contributed by atoms with van der Waals surface area (Å²) in [7, 11) is 0. The highest BCUT2D eigenvalue weighted by Crippen LogP contribution is 2.29. The molecule has 30 heavy (non-hydrogen) atoms. The molecule has 2 aliphatic rings. The maximum atomic E-state index is 12.9. The number of nitrogens with one attached hydrogen (secondary N) is 3. The van der Waals surface area contributed by atoms with Crippen LogP contribution < -0.4 is 21.7 Å². The second-order valence-electron chi connectivity index (χ2n) is 8.08. The number of anilines is 3. The topological polar surface area (TPSA) is 135 Å². The average molecular weight is 407 g/mol. The molecular weight excluding hydrogens is 382 g/mol. The van der Waals surface area contributed by atoms with Crippen molar-refractivity contribution < 1.29 is 4.79 Å². The van der Waals surface area contributed by atoms with Crippen molar-refractivity contribution in [2.45, 2.75) is 56.7 Å². The zero-order valence-corrected chi connectivity index (χ0v) is 16.6. The second-order valence-corrected chi connectivity index (χ2v) is 8.08. The van der Waals surface area contributed by atoms with Gasteiger partial charge < -0.3 is 21.7 Å². The molecule has 0 aliphatic heterocycles. The van der Waals surface area contributed by atoms with Crippen molar-refractivity contribution in [2.75, 3.05) is 16.0 Å². The molecule has 156 valence electrons. The Morgan fingerprint density at radius 1 is 1.03 bits per heavy atom. The molecule has 0 aromatic carbocycles. The van der Waals surface area contributed by atoms with Gasteiger partial charge in [0.2, 0.25) is 0 Å². The molecule has 0 spiro atoms. The largest absolute Gasteiger partial charge is 0.379 e. The van der Waals surface area contributed by atoms with Crippen LogP contribution in [0.25, 0.3) is 5.65 Å². The summed E-state index contributed by atoms with van der Waals surface area (Å²) in [5, 5.41) is 22.1. The summed E-state index contributed by atoms with van der Waals surface area (Å²) in [4.78, 5) is 17.3. The number of carbonyl (C=O) groups is 1. The van der Waals surface area contributed by atoms with Crippen LogP contribution in [0.3, 0.4) is 0 Å². The van der Waals surface area contributed by atoms with Gasteiger partial charge in [-0.1, -0.05) is 0 Å². The minimum atomic E-state index is -0.304. The summed E-state index contributed by atoms with van der Waals surface area (Å²) < 4.78 is 1.60. The van der Waals surface area contributed by atoms with Crippen molar-refractivity contribution in [1.82, 2.24) is 24.8 Å². The lowest BCUT2D eigenvalue weighted by atomic mass is 9.92. The standard InChI is InChI=1S/C20H25N9O/c21-12-1-3-14(4-2-12)26-18-9-16(25-13-5-6-13)19-22-11-17(29(19)28-18)20(30)27-15-7-8-23-24-10-15/h7-14,25H,1-6,21H2,(H,26,28)(H,23,27,30). The van der Waals surface area contributed by atoms with Crippen LogP contribution in [0.1, 0.15) is 49.0 Å². The summed E-state index contributed by atoms with van der Waals surface area (Å²) in [5.41, 5.74) is 8.47. The van der Waals surface area contributed by atoms with Gasteiger partial charge in [0.15, 0.2) is 11.3 Å². The molecule has 5 rings (SSSR count). The Morgan fingerprint density at radius 2 is 1.80 bits per heavy atom. The van der Waals surface area contributed by atoms with Gasteiger partial charge in [-0.05, 0) is 44.6 Å². The van der Waals surface area contributed by atoms with Crippen LogP contribution in [-0.2, 0) is 0 Å². The Bertz CT molecular complexity index is 1040. The van der Waals surface area contributed by atoms with Gasteiger partial charge in [-0.2, -0.15) is 10.2 Å². The predicted octanol–water partition coefficient (Wildman–Crippen LogP) is 2.03. The van der Waals surface area contributed by atoms with Crippen LogP contribution in [0.15, 0.2) is 30.7 Å². The first kappa shape index (κ1) is 18.7. The number of hydrogen-bond acceptors (Lipinski definition) is 8. The Labute approximate surface area is 173 Å². The van der Waals surface area contributed by atoms with Gasteiger partial charge in [0.1, 0.15) is 5.82 Å². The van der Waals surface area contributed by atoms with E-state index in [1.807, 2.05) is 6.07 Å². The molecule has 2 fully saturated rings. The normalized spacial score (nSPS) is 21.4. The predicted molar refractivity (Wildman–Crippen MR) is 113 cm³/mol. The maximum Gasteiger partial charge on any atom is 0.276 e. The lowest BCUT2D eigenvalue weighted by molar-refractivity contribution is 0.102. The number of rotatable bonds is 6. The van der Waals surface area contributed by atoms with Crippen molar-refractivity contribution in [3.63, 3.8) is 0 Å². The van der Waals surface area contributed by atoms with Gasteiger partial charge in [0.25, 0.3) is 5.91 Å². The van der Waals surface area contributed by atoms with Crippen LogP contribution in [-0.4, -0.2) is 48.8 Å². The summed E-state index contributed by atoms with van der Waals surface area (Å²) in [6.07, 6.45) is 10.9. The molecule has 0 radical (unpaired) electrons. The van der Waals surface area contributed by atoms with Crippen molar-refractivity contribution in [1.29, 1.82) is 0 Å². The Hall–Kier alpha value is -3.27. The van der Waals surface area contributed by atoms with E-state index in [1.54, 1.807) is 16.8 Å². The molecule has 3 heterocycles. The van der Waals surface area contributed by atoms with Crippen LogP contribution in [0, 0.1) is 0 Å². The fraction of sp³-hybridized carbons (Fsp3) is 0.450. The van der Waals surface area contributed by atoms with Crippen molar-refractivity contribution >= 4 is 28.7 Å². The van der Waals surface area contributed by atoms with E-state index in [0.29, 0.717) is 29.1 Å². The van der Waals surface area contributed by atoms with E-state index in [4.69, 9.17) is 5.73 Å². The van der Waals surface area contributed by atoms with Crippen molar-refractivity contribution in [3.8, 4) is 0 Å². The number of carbonyl (C=O) groups excluding carboxylic acids is 1. The number of amides is 1. The average Bonchev–Trinajstić information content (AvgIpc) is 3.46. The van der Waals surface area contributed by atoms with Gasteiger partial charge in [-0.25, -0.2) is 9.50 Å². The number of nitrogens with zero attached hydrogens (tertiary/aromatic N) is 5. The Balaban J connectivity index is 1.45. The molecule has 1 amide bonds. The quantitative estimate of drug-likeness (QED) is 0.487. The third-order valence-electron chi connectivity index (χ3n) is 5.60. The Kier molecular flexibility index (Phi) is 4.91. The van der Waals surface area contributed by atoms with Crippen LogP contribution >= 0.6 is 0 Å². The number of hydrogen-bond donors (Lipinski definition) is 4. The molecule has 10 nitrogen and oxygen atoms in total. The molecule has 0 unspecified atom stereocenters. The highest BCUT2D eigenvalue weighted by atomic mass is 16.2. The molecule has 0 saturated heterocycles. The molecule has 2 aliphatic carbocycles. The van der Waals surface area contributed by atoms with Crippen molar-refractivity contribution in [2.24, 2.45) is 5.73 Å². The maximum absolute atomic E-state index is 12.9. The molecule has 2 saturated carbocycles. The number of fused-ring (bicyclic) bond motifs is 1. The lowest BCUT2D eigenvalue weighted by Gasteiger charge is -2.27. The first-order chi connectivity index (χ1) is 14.7. The Morgan fingerprint density at radius 3 is 2.53 bits per heavy atom. The lowest BCUT2D eigenvalue weighted by Crippen LogP contribution is -2.33. The van der Waals surface area contributed by atoms with Gasteiger partial charge in [-0.15, -0.1) is 5.10 Å². The molecule has 0 bridgehead atoms. The smallest absolute Gasteiger partial charge is 0.276 e. The third-order valence-corrected chi connectivity index (χ3v) is 5.60. The van der Waals surface area contributed by atoms with Crippen LogP contribution in [0.4, 0.5) is 17.2 Å². The van der Waals surface area contributed by atoms with E-state index in [1.165, 1.54) is 12.4 Å². The monoisotopic (exact) mass is 407 g/mol. The van der Waals surface area contributed by atoms with E-state index in [-0.39, 0.29) is 11.9 Å². The van der Waals surface area contributed by atoms with Crippen LogP contribution in [0.5, 0.6) is 0 Å². The van der Waals surface area contributed by atoms with Gasteiger partial charge >= 0.3 is 0 Å². The van der Waals surface area contributed by atoms with E-state index in [2.05, 4.69) is 36.2 Å². The fourth-order valence-electron chi connectivity index (χ4n) is 3.78. The summed E-state index contributed by atoms with van der Waals surface area (Å²) >= 11 is 0. The third kappa shape index (κ3) is 4.04. The first-order valence-corrected chi connectivity index (χ1v) is 10.4. The van der Waals surface area contributed by atoms with Gasteiger partial charge in [0, 0.05) is 24.2 Å². The fourth-order valence-corrected chi connectivity index (χ4v) is 3.78. The highest BCUT2D eigenvalue weighted by Gasteiger charge is 2.25. The molecular formula is C20H25N9O.